The molecule has 0 radical (unpaired) electrons. The highest BCUT2D eigenvalue weighted by atomic mass is 35.5. The molecule has 1 aliphatic carbocycles. The number of amides is 2. The summed E-state index contributed by atoms with van der Waals surface area (Å²) >= 11 is 6.07. The van der Waals surface area contributed by atoms with Crippen molar-refractivity contribution in [2.75, 3.05) is 13.1 Å². The van der Waals surface area contributed by atoms with E-state index < -0.39 is 0 Å². The lowest BCUT2D eigenvalue weighted by molar-refractivity contribution is 0.0735. The van der Waals surface area contributed by atoms with Crippen LogP contribution in [0.2, 0.25) is 5.02 Å². The van der Waals surface area contributed by atoms with Crippen molar-refractivity contribution in [3.8, 4) is 0 Å². The Morgan fingerprint density at radius 3 is 2.75 bits per heavy atom. The number of carbonyl (C=O) groups is 2. The van der Waals surface area contributed by atoms with Gasteiger partial charge < -0.3 is 10.2 Å². The van der Waals surface area contributed by atoms with E-state index >= 15 is 0 Å². The maximum atomic E-state index is 13.4. The number of Topliss-reactive ketones (excluding diaryl/α,β-unsaturated/α-hetero) is 1. The number of rotatable bonds is 2. The highest BCUT2D eigenvalue weighted by Gasteiger charge is 2.41. The third kappa shape index (κ3) is 3.51. The monoisotopic (exact) mass is 404 g/mol. The molecule has 1 aliphatic heterocycles. The van der Waals surface area contributed by atoms with Gasteiger partial charge in [-0.25, -0.2) is 9.18 Å². The van der Waals surface area contributed by atoms with Crippen LogP contribution < -0.4 is 5.32 Å². The molecule has 2 aliphatic rings. The number of nitrogens with zero attached hydrogens (tertiary/aromatic N) is 3. The van der Waals surface area contributed by atoms with E-state index in [-0.39, 0.29) is 23.0 Å². The Labute approximate surface area is 167 Å². The number of urea groups is 1. The number of hydrogen-bond acceptors (Lipinski definition) is 3. The third-order valence-corrected chi connectivity index (χ3v) is 6.32. The van der Waals surface area contributed by atoms with Crippen LogP contribution in [-0.4, -0.2) is 39.6 Å². The fourth-order valence-corrected chi connectivity index (χ4v) is 4.54. The normalized spacial score (nSPS) is 18.2. The molecule has 28 heavy (non-hydrogen) atoms. The Bertz CT molecular complexity index is 915. The van der Waals surface area contributed by atoms with Crippen LogP contribution in [0.3, 0.4) is 0 Å². The number of hydrogen-bond donors (Lipinski definition) is 1. The van der Waals surface area contributed by atoms with Gasteiger partial charge in [0.15, 0.2) is 5.78 Å². The average molecular weight is 405 g/mol. The van der Waals surface area contributed by atoms with Crippen molar-refractivity contribution < 1.29 is 14.0 Å². The summed E-state index contributed by atoms with van der Waals surface area (Å²) in [6.07, 6.45) is 4.25. The van der Waals surface area contributed by atoms with Crippen LogP contribution in [0.15, 0.2) is 24.4 Å². The molecule has 1 aromatic carbocycles. The number of nitrogens with one attached hydrogen (secondary N) is 1. The first kappa shape index (κ1) is 18.9. The fraction of sp³-hybridized carbons (Fsp3) is 0.450. The summed E-state index contributed by atoms with van der Waals surface area (Å²) in [7, 11) is 1.78. The molecule has 2 heterocycles. The molecule has 0 unspecified atom stereocenters. The van der Waals surface area contributed by atoms with E-state index in [0.717, 1.165) is 30.5 Å². The highest BCUT2D eigenvalue weighted by Crippen LogP contribution is 2.43. The van der Waals surface area contributed by atoms with Crippen molar-refractivity contribution in [2.24, 2.45) is 12.5 Å². The number of aromatic nitrogens is 2. The van der Waals surface area contributed by atoms with Crippen LogP contribution in [0.1, 0.15) is 40.9 Å². The molecule has 1 fully saturated rings. The first-order chi connectivity index (χ1) is 13.4. The molecule has 1 spiro atoms. The van der Waals surface area contributed by atoms with E-state index in [1.807, 2.05) is 0 Å². The molecule has 1 N–H and O–H groups in total. The van der Waals surface area contributed by atoms with Gasteiger partial charge in [0.05, 0.1) is 23.5 Å². The first-order valence-electron chi connectivity index (χ1n) is 9.38. The quantitative estimate of drug-likeness (QED) is 0.834. The number of carbonyl (C=O) groups excluding carboxylic acids is 2. The summed E-state index contributed by atoms with van der Waals surface area (Å²) < 4.78 is 15.1. The van der Waals surface area contributed by atoms with Gasteiger partial charge >= 0.3 is 6.03 Å². The van der Waals surface area contributed by atoms with Gasteiger partial charge in [-0.15, -0.1) is 0 Å². The molecule has 2 aromatic rings. The Morgan fingerprint density at radius 1 is 1.32 bits per heavy atom. The number of ketones is 1. The van der Waals surface area contributed by atoms with E-state index in [0.29, 0.717) is 36.6 Å². The van der Waals surface area contributed by atoms with Crippen LogP contribution in [0.25, 0.3) is 0 Å². The molecule has 0 saturated carbocycles. The maximum absolute atomic E-state index is 13.4. The van der Waals surface area contributed by atoms with Crippen molar-refractivity contribution in [1.29, 1.82) is 0 Å². The minimum atomic E-state index is -0.372. The van der Waals surface area contributed by atoms with Crippen molar-refractivity contribution in [3.63, 3.8) is 0 Å². The Hall–Kier alpha value is -2.41. The second-order valence-electron chi connectivity index (χ2n) is 7.79. The number of likely N-dealkylation sites (tertiary alicyclic amines) is 1. The van der Waals surface area contributed by atoms with Gasteiger partial charge in [0.2, 0.25) is 0 Å². The van der Waals surface area contributed by atoms with Crippen LogP contribution in [0, 0.1) is 11.2 Å². The lowest BCUT2D eigenvalue weighted by Gasteiger charge is -2.44. The molecule has 1 aromatic heterocycles. The molecule has 148 valence electrons. The molecule has 0 atom stereocenters. The van der Waals surface area contributed by atoms with Crippen LogP contribution >= 0.6 is 11.6 Å². The van der Waals surface area contributed by atoms with Gasteiger partial charge in [0.25, 0.3) is 0 Å². The van der Waals surface area contributed by atoms with Gasteiger partial charge in [0.1, 0.15) is 5.82 Å². The van der Waals surface area contributed by atoms with E-state index in [1.54, 1.807) is 28.9 Å². The van der Waals surface area contributed by atoms with Gasteiger partial charge in [0, 0.05) is 32.1 Å². The summed E-state index contributed by atoms with van der Waals surface area (Å²) in [4.78, 5) is 26.8. The predicted octanol–water partition coefficient (Wildman–Crippen LogP) is 3.33. The minimum absolute atomic E-state index is 0.00417. The maximum Gasteiger partial charge on any atom is 0.317 e. The molecule has 8 heteroatoms. The van der Waals surface area contributed by atoms with Crippen LogP contribution in [-0.2, 0) is 20.0 Å². The first-order valence-corrected chi connectivity index (χ1v) is 9.75. The van der Waals surface area contributed by atoms with Crippen molar-refractivity contribution in [2.45, 2.75) is 32.2 Å². The SMILES string of the molecule is Cn1ncc(Cl)c1CNC(=O)N1CCC2(CC1)CC(=O)c1cc(F)ccc1C2. The number of fused-ring (bicyclic) bond motifs is 1. The van der Waals surface area contributed by atoms with Gasteiger partial charge in [-0.05, 0) is 42.4 Å². The molecular formula is C20H22ClFN4O2. The van der Waals surface area contributed by atoms with Crippen LogP contribution in [0.4, 0.5) is 9.18 Å². The zero-order valence-electron chi connectivity index (χ0n) is 15.7. The summed E-state index contributed by atoms with van der Waals surface area (Å²) in [5, 5.41) is 7.47. The zero-order chi connectivity index (χ0) is 19.9. The molecular weight excluding hydrogens is 383 g/mol. The smallest absolute Gasteiger partial charge is 0.317 e. The second kappa shape index (κ2) is 7.20. The zero-order valence-corrected chi connectivity index (χ0v) is 16.4. The molecule has 6 nitrogen and oxygen atoms in total. The lowest BCUT2D eigenvalue weighted by atomic mass is 9.66. The standard InChI is InChI=1S/C20H22ClFN4O2/c1-25-17(16(21)11-24-25)12-23-19(28)26-6-4-20(5-7-26)9-13-2-3-14(22)8-15(13)18(27)10-20/h2-3,8,11H,4-7,9-10,12H2,1H3,(H,23,28). The summed E-state index contributed by atoms with van der Waals surface area (Å²) in [5.41, 5.74) is 2.05. The van der Waals surface area contributed by atoms with E-state index in [9.17, 15) is 14.0 Å². The lowest BCUT2D eigenvalue weighted by Crippen LogP contribution is -2.49. The van der Waals surface area contributed by atoms with Crippen molar-refractivity contribution in [1.82, 2.24) is 20.0 Å². The summed E-state index contributed by atoms with van der Waals surface area (Å²) in [6.45, 7) is 1.50. The molecule has 0 bridgehead atoms. The summed E-state index contributed by atoms with van der Waals surface area (Å²) in [5.74, 6) is -0.368. The third-order valence-electron chi connectivity index (χ3n) is 6.00. The Balaban J connectivity index is 1.37. The van der Waals surface area contributed by atoms with E-state index in [4.69, 9.17) is 11.6 Å². The van der Waals surface area contributed by atoms with Gasteiger partial charge in [-0.2, -0.15) is 5.10 Å². The second-order valence-corrected chi connectivity index (χ2v) is 8.19. The summed E-state index contributed by atoms with van der Waals surface area (Å²) in [6, 6.07) is 4.34. The number of halogens is 2. The molecule has 4 rings (SSSR count). The topological polar surface area (TPSA) is 67.2 Å². The predicted molar refractivity (Wildman–Crippen MR) is 103 cm³/mol. The average Bonchev–Trinajstić information content (AvgIpc) is 2.99. The molecule has 2 amide bonds. The van der Waals surface area contributed by atoms with Crippen LogP contribution in [0.5, 0.6) is 0 Å². The number of piperidine rings is 1. The van der Waals surface area contributed by atoms with Crippen molar-refractivity contribution >= 4 is 23.4 Å². The van der Waals surface area contributed by atoms with E-state index in [1.165, 1.54) is 12.1 Å². The molecule has 1 saturated heterocycles. The Morgan fingerprint density at radius 2 is 2.07 bits per heavy atom. The fourth-order valence-electron chi connectivity index (χ4n) is 4.31. The number of aryl methyl sites for hydroxylation is 1. The Kier molecular flexibility index (Phi) is 4.87. The van der Waals surface area contributed by atoms with Crippen molar-refractivity contribution in [3.05, 3.63) is 52.1 Å². The van der Waals surface area contributed by atoms with Gasteiger partial charge in [-0.1, -0.05) is 17.7 Å². The number of benzene rings is 1. The largest absolute Gasteiger partial charge is 0.332 e. The minimum Gasteiger partial charge on any atom is -0.332 e. The van der Waals surface area contributed by atoms with E-state index in [2.05, 4.69) is 10.4 Å². The highest BCUT2D eigenvalue weighted by molar-refractivity contribution is 6.31. The van der Waals surface area contributed by atoms with Gasteiger partial charge in [-0.3, -0.25) is 9.48 Å².